The number of methoxy groups -OCH3 is 1. The number of aryl methyl sites for hydroxylation is 1. The molecule has 1 aromatic heterocycles. The fraction of sp³-hybridized carbons (Fsp3) is 0.182. The lowest BCUT2D eigenvalue weighted by molar-refractivity contribution is 0.380. The van der Waals surface area contributed by atoms with Crippen LogP contribution in [0.1, 0.15) is 5.56 Å². The number of halogens is 1. The summed E-state index contributed by atoms with van der Waals surface area (Å²) in [6.07, 6.45) is 0. The molecule has 1 heterocycles. The van der Waals surface area contributed by atoms with E-state index >= 15 is 0 Å². The van der Waals surface area contributed by atoms with Crippen LogP contribution in [0.2, 0.25) is 0 Å². The standard InChI is InChI=1S/C11H12FN5O/c1-6-3-7(12)5-8(4-6)14-10-15-9(13)16-11(17-10)18-2/h3-5H,1-2H3,(H3,13,14,15,16,17). The van der Waals surface area contributed by atoms with Gasteiger partial charge in [0.1, 0.15) is 5.82 Å². The van der Waals surface area contributed by atoms with Gasteiger partial charge < -0.3 is 15.8 Å². The number of hydrogen-bond donors (Lipinski definition) is 2. The van der Waals surface area contributed by atoms with Crippen LogP contribution in [-0.4, -0.2) is 22.1 Å². The molecule has 0 spiro atoms. The van der Waals surface area contributed by atoms with Gasteiger partial charge in [0.25, 0.3) is 0 Å². The number of nitrogen functional groups attached to an aromatic ring is 1. The van der Waals surface area contributed by atoms with Crippen molar-refractivity contribution in [1.29, 1.82) is 0 Å². The van der Waals surface area contributed by atoms with Gasteiger partial charge in [-0.2, -0.15) is 15.0 Å². The molecule has 0 atom stereocenters. The predicted octanol–water partition coefficient (Wildman–Crippen LogP) is 1.65. The van der Waals surface area contributed by atoms with E-state index in [1.807, 2.05) is 0 Å². The molecule has 1 aromatic carbocycles. The number of ether oxygens (including phenoxy) is 1. The topological polar surface area (TPSA) is 86.0 Å². The molecule has 7 heteroatoms. The minimum Gasteiger partial charge on any atom is -0.467 e. The number of anilines is 3. The molecular formula is C11H12FN5O. The molecule has 0 aliphatic heterocycles. The van der Waals surface area contributed by atoms with E-state index in [4.69, 9.17) is 10.5 Å². The van der Waals surface area contributed by atoms with E-state index < -0.39 is 0 Å². The van der Waals surface area contributed by atoms with Crippen molar-refractivity contribution in [3.63, 3.8) is 0 Å². The Kier molecular flexibility index (Phi) is 3.22. The number of nitrogens with two attached hydrogens (primary N) is 1. The minimum absolute atomic E-state index is 0.0254. The zero-order valence-electron chi connectivity index (χ0n) is 9.94. The van der Waals surface area contributed by atoms with E-state index in [2.05, 4.69) is 20.3 Å². The van der Waals surface area contributed by atoms with Crippen molar-refractivity contribution in [3.8, 4) is 6.01 Å². The molecule has 6 nitrogen and oxygen atoms in total. The molecule has 2 aromatic rings. The van der Waals surface area contributed by atoms with Crippen molar-refractivity contribution in [2.75, 3.05) is 18.2 Å². The first-order valence-electron chi connectivity index (χ1n) is 5.16. The van der Waals surface area contributed by atoms with Gasteiger partial charge in [-0.1, -0.05) is 0 Å². The van der Waals surface area contributed by atoms with Crippen LogP contribution in [-0.2, 0) is 0 Å². The van der Waals surface area contributed by atoms with Crippen molar-refractivity contribution < 1.29 is 9.13 Å². The summed E-state index contributed by atoms with van der Waals surface area (Å²) in [7, 11) is 1.42. The molecule has 0 saturated carbocycles. The second kappa shape index (κ2) is 4.82. The summed E-state index contributed by atoms with van der Waals surface area (Å²) >= 11 is 0. The van der Waals surface area contributed by atoms with Crippen LogP contribution in [0.5, 0.6) is 6.01 Å². The highest BCUT2D eigenvalue weighted by Gasteiger charge is 2.05. The number of nitrogens with one attached hydrogen (secondary N) is 1. The normalized spacial score (nSPS) is 10.2. The molecule has 0 aliphatic rings. The average Bonchev–Trinajstić information content (AvgIpc) is 2.26. The molecule has 0 unspecified atom stereocenters. The lowest BCUT2D eigenvalue weighted by Gasteiger charge is -2.07. The van der Waals surface area contributed by atoms with Gasteiger partial charge in [-0.3, -0.25) is 0 Å². The minimum atomic E-state index is -0.341. The Bertz CT molecular complexity index is 555. The fourth-order valence-corrected chi connectivity index (χ4v) is 1.46. The van der Waals surface area contributed by atoms with Crippen LogP contribution >= 0.6 is 0 Å². The van der Waals surface area contributed by atoms with Gasteiger partial charge in [-0.25, -0.2) is 4.39 Å². The van der Waals surface area contributed by atoms with Gasteiger partial charge in [-0.15, -0.1) is 0 Å². The molecule has 0 aliphatic carbocycles. The summed E-state index contributed by atoms with van der Waals surface area (Å²) in [5.41, 5.74) is 6.80. The Labute approximate surface area is 103 Å². The summed E-state index contributed by atoms with van der Waals surface area (Å²) in [5, 5.41) is 2.84. The van der Waals surface area contributed by atoms with Gasteiger partial charge >= 0.3 is 6.01 Å². The summed E-state index contributed by atoms with van der Waals surface area (Å²) < 4.78 is 18.1. The molecule has 0 bridgehead atoms. The number of hydrogen-bond acceptors (Lipinski definition) is 6. The van der Waals surface area contributed by atoms with Crippen molar-refractivity contribution in [2.45, 2.75) is 6.92 Å². The van der Waals surface area contributed by atoms with Gasteiger partial charge in [-0.05, 0) is 30.7 Å². The van der Waals surface area contributed by atoms with E-state index in [0.29, 0.717) is 5.69 Å². The van der Waals surface area contributed by atoms with Crippen LogP contribution in [0.25, 0.3) is 0 Å². The van der Waals surface area contributed by atoms with Gasteiger partial charge in [0.15, 0.2) is 0 Å². The first kappa shape index (κ1) is 12.0. The maximum atomic E-state index is 13.2. The van der Waals surface area contributed by atoms with E-state index in [1.165, 1.54) is 19.2 Å². The summed E-state index contributed by atoms with van der Waals surface area (Å²) in [5.74, 6) is -0.117. The number of aromatic nitrogens is 3. The Morgan fingerprint density at radius 1 is 1.22 bits per heavy atom. The van der Waals surface area contributed by atoms with Crippen molar-refractivity contribution in [1.82, 2.24) is 15.0 Å². The summed E-state index contributed by atoms with van der Waals surface area (Å²) in [6.45, 7) is 1.79. The fourth-order valence-electron chi connectivity index (χ4n) is 1.46. The maximum Gasteiger partial charge on any atom is 0.322 e. The third-order valence-corrected chi connectivity index (χ3v) is 2.11. The highest BCUT2D eigenvalue weighted by atomic mass is 19.1. The van der Waals surface area contributed by atoms with Gasteiger partial charge in [0, 0.05) is 5.69 Å². The third-order valence-electron chi connectivity index (χ3n) is 2.11. The number of benzene rings is 1. The predicted molar refractivity (Wildman–Crippen MR) is 65.2 cm³/mol. The molecule has 3 N–H and O–H groups in total. The second-order valence-corrected chi connectivity index (χ2v) is 3.65. The lowest BCUT2D eigenvalue weighted by Crippen LogP contribution is -2.05. The lowest BCUT2D eigenvalue weighted by atomic mass is 10.2. The smallest absolute Gasteiger partial charge is 0.322 e. The highest BCUT2D eigenvalue weighted by molar-refractivity contribution is 5.55. The van der Waals surface area contributed by atoms with Crippen LogP contribution < -0.4 is 15.8 Å². The maximum absolute atomic E-state index is 13.2. The Morgan fingerprint density at radius 2 is 2.00 bits per heavy atom. The second-order valence-electron chi connectivity index (χ2n) is 3.65. The van der Waals surface area contributed by atoms with E-state index in [0.717, 1.165) is 5.56 Å². The van der Waals surface area contributed by atoms with Crippen LogP contribution in [0, 0.1) is 12.7 Å². The molecule has 0 fully saturated rings. The molecule has 0 radical (unpaired) electrons. The van der Waals surface area contributed by atoms with Crippen LogP contribution in [0.3, 0.4) is 0 Å². The molecule has 18 heavy (non-hydrogen) atoms. The highest BCUT2D eigenvalue weighted by Crippen LogP contribution is 2.18. The van der Waals surface area contributed by atoms with Crippen molar-refractivity contribution in [2.24, 2.45) is 0 Å². The average molecular weight is 249 g/mol. The Hall–Kier alpha value is -2.44. The summed E-state index contributed by atoms with van der Waals surface area (Å²) in [6, 6.07) is 4.61. The van der Waals surface area contributed by atoms with Crippen LogP contribution in [0.4, 0.5) is 22.0 Å². The first-order chi connectivity index (χ1) is 8.56. The Balaban J connectivity index is 2.30. The molecule has 0 saturated heterocycles. The van der Waals surface area contributed by atoms with Crippen LogP contribution in [0.15, 0.2) is 18.2 Å². The molecule has 2 rings (SSSR count). The van der Waals surface area contributed by atoms with Crippen molar-refractivity contribution >= 4 is 17.6 Å². The first-order valence-corrected chi connectivity index (χ1v) is 5.16. The van der Waals surface area contributed by atoms with Crippen molar-refractivity contribution in [3.05, 3.63) is 29.6 Å². The van der Waals surface area contributed by atoms with E-state index in [-0.39, 0.29) is 23.7 Å². The largest absolute Gasteiger partial charge is 0.467 e. The Morgan fingerprint density at radius 3 is 2.67 bits per heavy atom. The zero-order valence-corrected chi connectivity index (χ0v) is 9.94. The van der Waals surface area contributed by atoms with E-state index in [9.17, 15) is 4.39 Å². The molecular weight excluding hydrogens is 237 g/mol. The monoisotopic (exact) mass is 249 g/mol. The molecule has 94 valence electrons. The number of nitrogens with zero attached hydrogens (tertiary/aromatic N) is 3. The van der Waals surface area contributed by atoms with Gasteiger partial charge in [0.05, 0.1) is 7.11 Å². The third kappa shape index (κ3) is 2.82. The zero-order chi connectivity index (χ0) is 13.1. The van der Waals surface area contributed by atoms with Gasteiger partial charge in [0.2, 0.25) is 11.9 Å². The van der Waals surface area contributed by atoms with E-state index in [1.54, 1.807) is 13.0 Å². The summed E-state index contributed by atoms with van der Waals surface area (Å²) in [4.78, 5) is 11.6. The molecule has 0 amide bonds. The SMILES string of the molecule is COc1nc(N)nc(Nc2cc(C)cc(F)c2)n1. The number of rotatable bonds is 3. The quantitative estimate of drug-likeness (QED) is 0.860.